The molecular formula is C6H7N3OS. The average Bonchev–Trinajstić information content (AvgIpc) is 2.03. The molecule has 0 aliphatic rings. The third-order valence-electron chi connectivity index (χ3n) is 1.07. The molecule has 0 aliphatic heterocycles. The first kappa shape index (κ1) is 8.00. The third kappa shape index (κ3) is 1.91. The molecule has 0 radical (unpaired) electrons. The van der Waals surface area contributed by atoms with E-state index in [4.69, 9.17) is 5.73 Å². The highest BCUT2D eigenvalue weighted by molar-refractivity contribution is 8.13. The summed E-state index contributed by atoms with van der Waals surface area (Å²) >= 11 is 1.10. The van der Waals surface area contributed by atoms with Gasteiger partial charge in [0.25, 0.3) is 0 Å². The molecule has 0 atom stereocenters. The van der Waals surface area contributed by atoms with Gasteiger partial charge in [-0.15, -0.1) is 0 Å². The fraction of sp³-hybridized carbons (Fsp3) is 0.167. The predicted molar refractivity (Wildman–Crippen MR) is 44.3 cm³/mol. The van der Waals surface area contributed by atoms with E-state index in [0.29, 0.717) is 5.69 Å². The minimum absolute atomic E-state index is 0.0981. The topological polar surface area (TPSA) is 68.9 Å². The van der Waals surface area contributed by atoms with Crippen LogP contribution in [0.2, 0.25) is 0 Å². The molecule has 4 nitrogen and oxygen atoms in total. The molecule has 0 saturated heterocycles. The minimum Gasteiger partial charge on any atom is -0.368 e. The fourth-order valence-corrected chi connectivity index (χ4v) is 0.915. The highest BCUT2D eigenvalue weighted by atomic mass is 32.2. The van der Waals surface area contributed by atoms with Crippen molar-refractivity contribution >= 4 is 22.8 Å². The van der Waals surface area contributed by atoms with Gasteiger partial charge in [-0.1, -0.05) is 11.8 Å². The van der Waals surface area contributed by atoms with Crippen LogP contribution in [0.4, 0.5) is 5.95 Å². The smallest absolute Gasteiger partial charge is 0.237 e. The maximum atomic E-state index is 11.0. The Kier molecular flexibility index (Phi) is 2.43. The van der Waals surface area contributed by atoms with Crippen molar-refractivity contribution in [3.8, 4) is 0 Å². The van der Waals surface area contributed by atoms with Gasteiger partial charge in [-0.05, 0) is 12.3 Å². The largest absolute Gasteiger partial charge is 0.368 e. The van der Waals surface area contributed by atoms with Gasteiger partial charge < -0.3 is 5.73 Å². The van der Waals surface area contributed by atoms with Gasteiger partial charge in [-0.2, -0.15) is 0 Å². The lowest BCUT2D eigenvalue weighted by Gasteiger charge is -1.95. The third-order valence-corrected chi connectivity index (χ3v) is 1.65. The highest BCUT2D eigenvalue weighted by Crippen LogP contribution is 2.05. The van der Waals surface area contributed by atoms with Crippen molar-refractivity contribution in [1.82, 2.24) is 9.97 Å². The normalized spacial score (nSPS) is 9.55. The van der Waals surface area contributed by atoms with Crippen molar-refractivity contribution < 1.29 is 4.79 Å². The SMILES string of the molecule is CSC(=O)c1ccnc(N)n1. The van der Waals surface area contributed by atoms with Gasteiger partial charge in [-0.25, -0.2) is 9.97 Å². The Labute approximate surface area is 68.2 Å². The summed E-state index contributed by atoms with van der Waals surface area (Å²) in [5, 5.41) is -0.0981. The van der Waals surface area contributed by atoms with Crippen LogP contribution in [0.1, 0.15) is 10.5 Å². The van der Waals surface area contributed by atoms with Crippen molar-refractivity contribution in [1.29, 1.82) is 0 Å². The zero-order valence-electron chi connectivity index (χ0n) is 5.94. The molecule has 0 bridgehead atoms. The number of nitrogen functional groups attached to an aromatic ring is 1. The standard InChI is InChI=1S/C6H7N3OS/c1-11-5(10)4-2-3-8-6(7)9-4/h2-3H,1H3,(H2,7,8,9). The molecule has 58 valence electrons. The van der Waals surface area contributed by atoms with Crippen molar-refractivity contribution in [2.24, 2.45) is 0 Å². The first-order valence-corrected chi connectivity index (χ1v) is 4.13. The van der Waals surface area contributed by atoms with Crippen LogP contribution in [-0.4, -0.2) is 21.3 Å². The second-order valence-corrected chi connectivity index (χ2v) is 2.57. The fourth-order valence-electron chi connectivity index (χ4n) is 0.592. The summed E-state index contributed by atoms with van der Waals surface area (Å²) in [5.41, 5.74) is 5.62. The molecule has 1 rings (SSSR count). The zero-order valence-corrected chi connectivity index (χ0v) is 6.76. The zero-order chi connectivity index (χ0) is 8.27. The summed E-state index contributed by atoms with van der Waals surface area (Å²) < 4.78 is 0. The quantitative estimate of drug-likeness (QED) is 0.665. The number of aromatic nitrogens is 2. The number of hydrogen-bond donors (Lipinski definition) is 1. The van der Waals surface area contributed by atoms with Crippen LogP contribution in [0.25, 0.3) is 0 Å². The molecule has 11 heavy (non-hydrogen) atoms. The molecule has 1 aromatic heterocycles. The monoisotopic (exact) mass is 169 g/mol. The summed E-state index contributed by atoms with van der Waals surface area (Å²) in [5.74, 6) is 0.130. The van der Waals surface area contributed by atoms with Crippen LogP contribution in [0, 0.1) is 0 Å². The van der Waals surface area contributed by atoms with Gasteiger partial charge in [0.15, 0.2) is 0 Å². The van der Waals surface area contributed by atoms with Crippen LogP contribution >= 0.6 is 11.8 Å². The van der Waals surface area contributed by atoms with Crippen LogP contribution in [-0.2, 0) is 0 Å². The van der Waals surface area contributed by atoms with Gasteiger partial charge in [0, 0.05) is 6.20 Å². The molecule has 5 heteroatoms. The number of anilines is 1. The van der Waals surface area contributed by atoms with Crippen molar-refractivity contribution in [3.63, 3.8) is 0 Å². The Morgan fingerprint density at radius 2 is 2.45 bits per heavy atom. The Balaban J connectivity index is 2.96. The highest BCUT2D eigenvalue weighted by Gasteiger charge is 2.04. The molecular weight excluding hydrogens is 162 g/mol. The number of nitrogens with two attached hydrogens (primary N) is 1. The van der Waals surface area contributed by atoms with E-state index in [9.17, 15) is 4.79 Å². The molecule has 1 heterocycles. The van der Waals surface area contributed by atoms with Gasteiger partial charge in [0.1, 0.15) is 5.69 Å². The molecule has 0 aromatic carbocycles. The molecule has 0 unspecified atom stereocenters. The van der Waals surface area contributed by atoms with Crippen LogP contribution in [0.3, 0.4) is 0 Å². The Hall–Kier alpha value is -1.10. The Bertz CT molecular complexity index is 276. The van der Waals surface area contributed by atoms with E-state index in [1.807, 2.05) is 0 Å². The number of hydrogen-bond acceptors (Lipinski definition) is 5. The number of carbonyl (C=O) groups is 1. The number of nitrogens with zero attached hydrogens (tertiary/aromatic N) is 2. The molecule has 0 fully saturated rings. The van der Waals surface area contributed by atoms with E-state index < -0.39 is 0 Å². The molecule has 2 N–H and O–H groups in total. The first-order chi connectivity index (χ1) is 5.24. The summed E-state index contributed by atoms with van der Waals surface area (Å²) in [6.45, 7) is 0. The van der Waals surface area contributed by atoms with E-state index in [-0.39, 0.29) is 11.1 Å². The maximum Gasteiger partial charge on any atom is 0.237 e. The van der Waals surface area contributed by atoms with E-state index >= 15 is 0 Å². The number of carbonyl (C=O) groups excluding carboxylic acids is 1. The first-order valence-electron chi connectivity index (χ1n) is 2.91. The van der Waals surface area contributed by atoms with Crippen molar-refractivity contribution in [3.05, 3.63) is 18.0 Å². The van der Waals surface area contributed by atoms with Crippen LogP contribution < -0.4 is 5.73 Å². The second kappa shape index (κ2) is 3.34. The minimum atomic E-state index is -0.0981. The van der Waals surface area contributed by atoms with Crippen LogP contribution in [0.15, 0.2) is 12.3 Å². The lowest BCUT2D eigenvalue weighted by atomic mass is 10.4. The van der Waals surface area contributed by atoms with Crippen molar-refractivity contribution in [2.75, 3.05) is 12.0 Å². The van der Waals surface area contributed by atoms with E-state index in [0.717, 1.165) is 11.8 Å². The van der Waals surface area contributed by atoms with E-state index in [1.54, 1.807) is 6.26 Å². The summed E-state index contributed by atoms with van der Waals surface area (Å²) in [4.78, 5) is 18.4. The van der Waals surface area contributed by atoms with Gasteiger partial charge in [0.2, 0.25) is 11.1 Å². The molecule has 0 saturated carbocycles. The summed E-state index contributed by atoms with van der Waals surface area (Å²) in [6.07, 6.45) is 3.16. The summed E-state index contributed by atoms with van der Waals surface area (Å²) in [6, 6.07) is 1.54. The average molecular weight is 169 g/mol. The molecule has 0 aliphatic carbocycles. The maximum absolute atomic E-state index is 11.0. The lowest BCUT2D eigenvalue weighted by Crippen LogP contribution is -2.01. The predicted octanol–water partition coefficient (Wildman–Crippen LogP) is 0.562. The summed E-state index contributed by atoms with van der Waals surface area (Å²) in [7, 11) is 0. The molecule has 0 spiro atoms. The van der Waals surface area contributed by atoms with Gasteiger partial charge in [-0.3, -0.25) is 4.79 Å². The Morgan fingerprint density at radius 3 is 3.00 bits per heavy atom. The van der Waals surface area contributed by atoms with Crippen molar-refractivity contribution in [2.45, 2.75) is 0 Å². The van der Waals surface area contributed by atoms with Gasteiger partial charge in [0.05, 0.1) is 0 Å². The molecule has 1 aromatic rings. The number of rotatable bonds is 1. The second-order valence-electron chi connectivity index (χ2n) is 1.79. The van der Waals surface area contributed by atoms with Gasteiger partial charge >= 0.3 is 0 Å². The van der Waals surface area contributed by atoms with E-state index in [2.05, 4.69) is 9.97 Å². The Morgan fingerprint density at radius 1 is 1.73 bits per heavy atom. The van der Waals surface area contributed by atoms with E-state index in [1.165, 1.54) is 12.3 Å². The number of thioether (sulfide) groups is 1. The lowest BCUT2D eigenvalue weighted by molar-refractivity contribution is 0.108. The molecule has 0 amide bonds. The van der Waals surface area contributed by atoms with Crippen LogP contribution in [0.5, 0.6) is 0 Å².